The third-order valence-electron chi connectivity index (χ3n) is 4.58. The van der Waals surface area contributed by atoms with Crippen molar-refractivity contribution in [3.63, 3.8) is 0 Å². The molecule has 1 fully saturated rings. The number of likely N-dealkylation sites (tertiary alicyclic amines) is 1. The molecule has 0 spiro atoms. The predicted molar refractivity (Wildman–Crippen MR) is 100 cm³/mol. The highest BCUT2D eigenvalue weighted by molar-refractivity contribution is 7.13. The third kappa shape index (κ3) is 3.68. The molecular formula is C19H20N4O2S. The Bertz CT molecular complexity index is 891. The molecule has 3 aromatic rings. The summed E-state index contributed by atoms with van der Waals surface area (Å²) in [5.41, 5.74) is 2.76. The molecule has 134 valence electrons. The number of benzene rings is 1. The summed E-state index contributed by atoms with van der Waals surface area (Å²) in [6, 6.07) is 10.1. The van der Waals surface area contributed by atoms with Crippen LogP contribution in [-0.4, -0.2) is 27.5 Å². The molecule has 6 nitrogen and oxygen atoms in total. The number of aryl methyl sites for hydroxylation is 1. The van der Waals surface area contributed by atoms with Crippen molar-refractivity contribution in [1.82, 2.24) is 15.0 Å². The van der Waals surface area contributed by atoms with Gasteiger partial charge in [-0.1, -0.05) is 17.3 Å². The molecule has 4 rings (SSSR count). The van der Waals surface area contributed by atoms with Gasteiger partial charge in [0.1, 0.15) is 11.5 Å². The number of amides is 1. The van der Waals surface area contributed by atoms with Crippen LogP contribution < -0.4 is 5.32 Å². The fourth-order valence-corrected chi connectivity index (χ4v) is 3.92. The van der Waals surface area contributed by atoms with Gasteiger partial charge in [-0.2, -0.15) is 0 Å². The van der Waals surface area contributed by atoms with Gasteiger partial charge in [0, 0.05) is 29.8 Å². The Morgan fingerprint density at radius 1 is 1.42 bits per heavy atom. The Hall–Kier alpha value is -2.51. The molecule has 1 N–H and O–H groups in total. The summed E-state index contributed by atoms with van der Waals surface area (Å²) in [6.07, 6.45) is 3.90. The molecule has 0 radical (unpaired) electrons. The fourth-order valence-electron chi connectivity index (χ4n) is 3.39. The number of carbonyl (C=O) groups is 1. The van der Waals surface area contributed by atoms with Crippen LogP contribution in [0.15, 0.2) is 46.4 Å². The zero-order valence-corrected chi connectivity index (χ0v) is 15.3. The Labute approximate surface area is 155 Å². The molecule has 1 aromatic carbocycles. The van der Waals surface area contributed by atoms with Crippen LogP contribution in [0.4, 0.5) is 5.13 Å². The van der Waals surface area contributed by atoms with Crippen LogP contribution in [0, 0.1) is 6.92 Å². The first-order valence-electron chi connectivity index (χ1n) is 8.66. The van der Waals surface area contributed by atoms with Gasteiger partial charge in [0.05, 0.1) is 6.04 Å². The number of carbonyl (C=O) groups excluding carboxylic acids is 1. The zero-order chi connectivity index (χ0) is 17.9. The molecule has 26 heavy (non-hydrogen) atoms. The van der Waals surface area contributed by atoms with Crippen molar-refractivity contribution in [1.29, 1.82) is 0 Å². The lowest BCUT2D eigenvalue weighted by molar-refractivity contribution is 0.102. The molecule has 2 aromatic heterocycles. The van der Waals surface area contributed by atoms with Crippen molar-refractivity contribution in [2.45, 2.75) is 32.4 Å². The Kier molecular flexibility index (Phi) is 4.81. The molecule has 1 atom stereocenters. The lowest BCUT2D eigenvalue weighted by Crippen LogP contribution is -2.23. The van der Waals surface area contributed by atoms with Crippen molar-refractivity contribution in [3.8, 4) is 0 Å². The maximum Gasteiger partial charge on any atom is 0.257 e. The standard InChI is InChI=1S/C19H20N4O2S/c1-13-10-16(22-25-13)17-6-3-8-23(17)12-14-4-2-5-15(11-14)18(24)21-19-20-7-9-26-19/h2,4-5,7,9-11,17H,3,6,8,12H2,1H3,(H,20,21,24)/t17-/m0/s1. The van der Waals surface area contributed by atoms with Crippen LogP contribution in [-0.2, 0) is 6.54 Å². The summed E-state index contributed by atoms with van der Waals surface area (Å²) in [5.74, 6) is 0.708. The minimum atomic E-state index is -0.133. The molecular weight excluding hydrogens is 348 g/mol. The maximum absolute atomic E-state index is 12.4. The second-order valence-corrected chi connectivity index (χ2v) is 7.38. The first-order chi connectivity index (χ1) is 12.7. The number of hydrogen-bond donors (Lipinski definition) is 1. The molecule has 0 unspecified atom stereocenters. The van der Waals surface area contributed by atoms with Gasteiger partial charge in [0.2, 0.25) is 0 Å². The van der Waals surface area contributed by atoms with Gasteiger partial charge < -0.3 is 4.52 Å². The van der Waals surface area contributed by atoms with Crippen molar-refractivity contribution < 1.29 is 9.32 Å². The van der Waals surface area contributed by atoms with E-state index in [0.29, 0.717) is 10.7 Å². The van der Waals surface area contributed by atoms with Gasteiger partial charge in [-0.3, -0.25) is 15.0 Å². The molecule has 0 bridgehead atoms. The second-order valence-electron chi connectivity index (χ2n) is 6.48. The minimum Gasteiger partial charge on any atom is -0.361 e. The van der Waals surface area contributed by atoms with Crippen LogP contribution >= 0.6 is 11.3 Å². The number of thiazole rings is 1. The van der Waals surface area contributed by atoms with Crippen molar-refractivity contribution >= 4 is 22.4 Å². The van der Waals surface area contributed by atoms with Crippen LogP contribution in [0.25, 0.3) is 0 Å². The fraction of sp³-hybridized carbons (Fsp3) is 0.316. The van der Waals surface area contributed by atoms with Gasteiger partial charge >= 0.3 is 0 Å². The topological polar surface area (TPSA) is 71.3 Å². The van der Waals surface area contributed by atoms with Crippen molar-refractivity contribution in [2.75, 3.05) is 11.9 Å². The van der Waals surface area contributed by atoms with Crippen LogP contribution in [0.2, 0.25) is 0 Å². The minimum absolute atomic E-state index is 0.133. The average Bonchev–Trinajstić information content (AvgIpc) is 3.37. The van der Waals surface area contributed by atoms with E-state index in [9.17, 15) is 4.79 Å². The van der Waals surface area contributed by atoms with E-state index in [1.54, 1.807) is 6.20 Å². The van der Waals surface area contributed by atoms with Gasteiger partial charge in [0.15, 0.2) is 5.13 Å². The SMILES string of the molecule is Cc1cc([C@@H]2CCCN2Cc2cccc(C(=O)Nc3nccs3)c2)no1. The number of nitrogens with zero attached hydrogens (tertiary/aromatic N) is 3. The summed E-state index contributed by atoms with van der Waals surface area (Å²) < 4.78 is 5.24. The molecule has 1 aliphatic heterocycles. The van der Waals surface area contributed by atoms with E-state index in [1.807, 2.05) is 36.6 Å². The van der Waals surface area contributed by atoms with E-state index in [1.165, 1.54) is 11.3 Å². The highest BCUT2D eigenvalue weighted by Crippen LogP contribution is 2.32. The smallest absolute Gasteiger partial charge is 0.257 e. The van der Waals surface area contributed by atoms with E-state index in [-0.39, 0.29) is 11.9 Å². The molecule has 3 heterocycles. The Morgan fingerprint density at radius 2 is 2.35 bits per heavy atom. The van der Waals surface area contributed by atoms with Crippen LogP contribution in [0.1, 0.15) is 46.3 Å². The van der Waals surface area contributed by atoms with E-state index in [0.717, 1.165) is 42.9 Å². The number of rotatable bonds is 5. The molecule has 7 heteroatoms. The number of anilines is 1. The third-order valence-corrected chi connectivity index (χ3v) is 5.27. The molecule has 1 aliphatic rings. The van der Waals surface area contributed by atoms with Gasteiger partial charge in [-0.05, 0) is 44.0 Å². The van der Waals surface area contributed by atoms with Crippen LogP contribution in [0.3, 0.4) is 0 Å². The number of nitrogens with one attached hydrogen (secondary N) is 1. The second kappa shape index (κ2) is 7.39. The highest BCUT2D eigenvalue weighted by atomic mass is 32.1. The summed E-state index contributed by atoms with van der Waals surface area (Å²) in [7, 11) is 0. The van der Waals surface area contributed by atoms with Gasteiger partial charge in [0.25, 0.3) is 5.91 Å². The molecule has 1 amide bonds. The molecule has 0 saturated carbocycles. The molecule has 0 aliphatic carbocycles. The summed E-state index contributed by atoms with van der Waals surface area (Å²) >= 11 is 1.41. The summed E-state index contributed by atoms with van der Waals surface area (Å²) in [6.45, 7) is 3.72. The van der Waals surface area contributed by atoms with Gasteiger partial charge in [-0.15, -0.1) is 11.3 Å². The van der Waals surface area contributed by atoms with Crippen molar-refractivity contribution in [3.05, 3.63) is 64.5 Å². The van der Waals surface area contributed by atoms with E-state index < -0.39 is 0 Å². The summed E-state index contributed by atoms with van der Waals surface area (Å²) in [4.78, 5) is 18.9. The lowest BCUT2D eigenvalue weighted by atomic mass is 10.1. The number of aromatic nitrogens is 2. The highest BCUT2D eigenvalue weighted by Gasteiger charge is 2.28. The number of hydrogen-bond acceptors (Lipinski definition) is 6. The Balaban J connectivity index is 1.47. The predicted octanol–water partition coefficient (Wildman–Crippen LogP) is 4.03. The van der Waals surface area contributed by atoms with Crippen LogP contribution in [0.5, 0.6) is 0 Å². The average molecular weight is 368 g/mol. The quantitative estimate of drug-likeness (QED) is 0.736. The van der Waals surface area contributed by atoms with Crippen molar-refractivity contribution in [2.24, 2.45) is 0 Å². The molecule has 1 saturated heterocycles. The largest absolute Gasteiger partial charge is 0.361 e. The van der Waals surface area contributed by atoms with E-state index >= 15 is 0 Å². The first-order valence-corrected chi connectivity index (χ1v) is 9.54. The normalized spacial score (nSPS) is 17.5. The Morgan fingerprint density at radius 3 is 3.12 bits per heavy atom. The lowest BCUT2D eigenvalue weighted by Gasteiger charge is -2.22. The van der Waals surface area contributed by atoms with E-state index in [4.69, 9.17) is 4.52 Å². The zero-order valence-electron chi connectivity index (χ0n) is 14.5. The first kappa shape index (κ1) is 16.9. The monoisotopic (exact) mass is 368 g/mol. The maximum atomic E-state index is 12.4. The summed E-state index contributed by atoms with van der Waals surface area (Å²) in [5, 5.41) is 9.47. The van der Waals surface area contributed by atoms with Gasteiger partial charge in [-0.25, -0.2) is 4.98 Å². The van der Waals surface area contributed by atoms with E-state index in [2.05, 4.69) is 26.4 Å².